The van der Waals surface area contributed by atoms with Crippen molar-refractivity contribution in [1.29, 1.82) is 0 Å². The molecule has 0 radical (unpaired) electrons. The molecule has 3 rings (SSSR count). The van der Waals surface area contributed by atoms with E-state index in [9.17, 15) is 4.79 Å². The number of esters is 1. The number of hydrogen-bond acceptors (Lipinski definition) is 6. The Morgan fingerprint density at radius 3 is 2.21 bits per heavy atom. The molecule has 1 aliphatic heterocycles. The number of hydrogen-bond donors (Lipinski definition) is 0. The Kier molecular flexibility index (Phi) is 6.90. The smallest absolute Gasteiger partial charge is 0.343 e. The lowest BCUT2D eigenvalue weighted by Gasteiger charge is -2.09. The van der Waals surface area contributed by atoms with Gasteiger partial charge < -0.3 is 23.7 Å². The zero-order valence-corrected chi connectivity index (χ0v) is 16.3. The maximum atomic E-state index is 12.2. The Hall–Kier alpha value is -2.57. The van der Waals surface area contributed by atoms with Gasteiger partial charge in [0.15, 0.2) is 0 Å². The van der Waals surface area contributed by atoms with E-state index in [0.29, 0.717) is 36.9 Å². The lowest BCUT2D eigenvalue weighted by atomic mass is 10.2. The van der Waals surface area contributed by atoms with Crippen molar-refractivity contribution in [3.8, 4) is 17.2 Å². The van der Waals surface area contributed by atoms with E-state index in [0.717, 1.165) is 25.2 Å². The van der Waals surface area contributed by atoms with Gasteiger partial charge in [0.2, 0.25) is 0 Å². The predicted molar refractivity (Wildman–Crippen MR) is 104 cm³/mol. The molecule has 0 N–H and O–H groups in total. The average Bonchev–Trinajstić information content (AvgIpc) is 3.45. The third-order valence-electron chi connectivity index (χ3n) is 4.36. The summed E-state index contributed by atoms with van der Waals surface area (Å²) < 4.78 is 27.0. The number of carbonyl (C=O) groups excluding carboxylic acids is 1. The number of methoxy groups -OCH3 is 1. The van der Waals surface area contributed by atoms with Crippen molar-refractivity contribution in [1.82, 2.24) is 0 Å². The summed E-state index contributed by atoms with van der Waals surface area (Å²) in [6.07, 6.45) is 1.83. The Labute approximate surface area is 165 Å². The summed E-state index contributed by atoms with van der Waals surface area (Å²) in [4.78, 5) is 12.2. The van der Waals surface area contributed by atoms with Gasteiger partial charge in [0.25, 0.3) is 0 Å². The van der Waals surface area contributed by atoms with Crippen molar-refractivity contribution in [3.63, 3.8) is 0 Å². The van der Waals surface area contributed by atoms with Gasteiger partial charge in [0.1, 0.15) is 22.8 Å². The first kappa shape index (κ1) is 20.2. The Morgan fingerprint density at radius 1 is 0.964 bits per heavy atom. The number of carbonyl (C=O) groups is 1. The quantitative estimate of drug-likeness (QED) is 0.253. The molecule has 6 nitrogen and oxygen atoms in total. The first-order chi connectivity index (χ1) is 13.6. The van der Waals surface area contributed by atoms with Crippen LogP contribution in [0.1, 0.15) is 30.1 Å². The van der Waals surface area contributed by atoms with Crippen LogP contribution in [0.2, 0.25) is 0 Å². The number of ether oxygens (including phenoxy) is 5. The summed E-state index contributed by atoms with van der Waals surface area (Å²) in [6.45, 7) is 4.81. The van der Waals surface area contributed by atoms with Gasteiger partial charge in [0, 0.05) is 6.61 Å². The predicted octanol–water partition coefficient (Wildman–Crippen LogP) is 3.88. The zero-order chi connectivity index (χ0) is 19.8. The summed E-state index contributed by atoms with van der Waals surface area (Å²) >= 11 is 0. The molecule has 1 fully saturated rings. The second-order valence-corrected chi connectivity index (χ2v) is 6.94. The molecule has 1 unspecified atom stereocenters. The van der Waals surface area contributed by atoms with Gasteiger partial charge in [-0.3, -0.25) is 0 Å². The van der Waals surface area contributed by atoms with Gasteiger partial charge >= 0.3 is 5.97 Å². The molecule has 0 aliphatic carbocycles. The first-order valence-corrected chi connectivity index (χ1v) is 9.39. The van der Waals surface area contributed by atoms with Crippen molar-refractivity contribution in [2.45, 2.75) is 25.4 Å². The first-order valence-electron chi connectivity index (χ1n) is 9.39. The highest BCUT2D eigenvalue weighted by Crippen LogP contribution is 2.25. The molecule has 1 aliphatic rings. The Bertz CT molecular complexity index is 750. The van der Waals surface area contributed by atoms with E-state index in [4.69, 9.17) is 23.7 Å². The maximum Gasteiger partial charge on any atom is 0.343 e. The van der Waals surface area contributed by atoms with Crippen LogP contribution in [0, 0.1) is 0 Å². The van der Waals surface area contributed by atoms with Crippen LogP contribution >= 0.6 is 0 Å². The topological polar surface area (TPSA) is 66.5 Å². The molecule has 2 aromatic carbocycles. The standard InChI is InChI=1S/C22H26O6/c1-22(16-27-22)15-25-13-3-4-14-26-19-7-5-17(6-8-19)21(23)28-20-11-9-18(24-2)10-12-20/h5-12H,3-4,13-16H2,1-2H3. The van der Waals surface area contributed by atoms with E-state index in [2.05, 4.69) is 0 Å². The monoisotopic (exact) mass is 386 g/mol. The molecular weight excluding hydrogens is 360 g/mol. The molecule has 0 aromatic heterocycles. The number of unbranched alkanes of at least 4 members (excludes halogenated alkanes) is 1. The zero-order valence-electron chi connectivity index (χ0n) is 16.3. The second-order valence-electron chi connectivity index (χ2n) is 6.94. The number of rotatable bonds is 11. The molecule has 0 saturated carbocycles. The summed E-state index contributed by atoms with van der Waals surface area (Å²) in [5, 5.41) is 0. The molecule has 150 valence electrons. The largest absolute Gasteiger partial charge is 0.497 e. The van der Waals surface area contributed by atoms with Crippen LogP contribution in [0.5, 0.6) is 17.2 Å². The molecule has 2 aromatic rings. The SMILES string of the molecule is COc1ccc(OC(=O)c2ccc(OCCCCOCC3(C)CO3)cc2)cc1. The van der Waals surface area contributed by atoms with Gasteiger partial charge in [0.05, 0.1) is 32.5 Å². The third kappa shape index (κ3) is 6.25. The fourth-order valence-corrected chi connectivity index (χ4v) is 2.49. The number of epoxide rings is 1. The Balaban J connectivity index is 1.34. The molecular formula is C22H26O6. The second kappa shape index (κ2) is 9.57. The van der Waals surface area contributed by atoms with Crippen molar-refractivity contribution < 1.29 is 28.5 Å². The van der Waals surface area contributed by atoms with Crippen LogP contribution < -0.4 is 14.2 Å². The molecule has 28 heavy (non-hydrogen) atoms. The molecule has 1 atom stereocenters. The van der Waals surface area contributed by atoms with Crippen molar-refractivity contribution in [2.24, 2.45) is 0 Å². The highest BCUT2D eigenvalue weighted by Gasteiger charge is 2.39. The minimum Gasteiger partial charge on any atom is -0.497 e. The highest BCUT2D eigenvalue weighted by atomic mass is 16.6. The minimum absolute atomic E-state index is 0.0488. The molecule has 0 amide bonds. The van der Waals surface area contributed by atoms with Crippen LogP contribution in [0.4, 0.5) is 0 Å². The number of benzene rings is 2. The van der Waals surface area contributed by atoms with Gasteiger partial charge in [-0.2, -0.15) is 0 Å². The Morgan fingerprint density at radius 2 is 1.57 bits per heavy atom. The van der Waals surface area contributed by atoms with E-state index < -0.39 is 5.97 Å². The van der Waals surface area contributed by atoms with Gasteiger partial charge in [-0.1, -0.05) is 0 Å². The van der Waals surface area contributed by atoms with E-state index >= 15 is 0 Å². The summed E-state index contributed by atoms with van der Waals surface area (Å²) in [5.74, 6) is 1.48. The molecule has 6 heteroatoms. The van der Waals surface area contributed by atoms with E-state index in [-0.39, 0.29) is 5.60 Å². The van der Waals surface area contributed by atoms with Crippen LogP contribution in [0.3, 0.4) is 0 Å². The van der Waals surface area contributed by atoms with Gasteiger partial charge in [-0.15, -0.1) is 0 Å². The normalized spacial score (nSPS) is 17.8. The summed E-state index contributed by atoms with van der Waals surface area (Å²) in [7, 11) is 1.59. The average molecular weight is 386 g/mol. The molecule has 1 saturated heterocycles. The maximum absolute atomic E-state index is 12.2. The van der Waals surface area contributed by atoms with Crippen LogP contribution in [0.15, 0.2) is 48.5 Å². The van der Waals surface area contributed by atoms with Crippen LogP contribution in [-0.2, 0) is 9.47 Å². The summed E-state index contributed by atoms with van der Waals surface area (Å²) in [6, 6.07) is 13.8. The third-order valence-corrected chi connectivity index (χ3v) is 4.36. The van der Waals surface area contributed by atoms with Crippen molar-refractivity contribution in [2.75, 3.05) is 33.5 Å². The molecule has 1 heterocycles. The fourth-order valence-electron chi connectivity index (χ4n) is 2.49. The van der Waals surface area contributed by atoms with E-state index in [1.165, 1.54) is 0 Å². The highest BCUT2D eigenvalue weighted by molar-refractivity contribution is 5.91. The van der Waals surface area contributed by atoms with Crippen molar-refractivity contribution >= 4 is 5.97 Å². The van der Waals surface area contributed by atoms with Crippen LogP contribution in [0.25, 0.3) is 0 Å². The van der Waals surface area contributed by atoms with Crippen LogP contribution in [-0.4, -0.2) is 45.1 Å². The van der Waals surface area contributed by atoms with E-state index in [1.807, 2.05) is 6.92 Å². The van der Waals surface area contributed by atoms with Gasteiger partial charge in [-0.05, 0) is 68.3 Å². The van der Waals surface area contributed by atoms with E-state index in [1.54, 1.807) is 55.6 Å². The lowest BCUT2D eigenvalue weighted by molar-refractivity contribution is 0.0734. The molecule has 0 spiro atoms. The molecule has 0 bridgehead atoms. The fraction of sp³-hybridized carbons (Fsp3) is 0.409. The lowest BCUT2D eigenvalue weighted by Crippen LogP contribution is -2.15. The van der Waals surface area contributed by atoms with Crippen molar-refractivity contribution in [3.05, 3.63) is 54.1 Å². The van der Waals surface area contributed by atoms with Gasteiger partial charge in [-0.25, -0.2) is 4.79 Å². The minimum atomic E-state index is -0.415. The summed E-state index contributed by atoms with van der Waals surface area (Å²) in [5.41, 5.74) is 0.416.